The van der Waals surface area contributed by atoms with Gasteiger partial charge >= 0.3 is 0 Å². The molecule has 1 aliphatic rings. The van der Waals surface area contributed by atoms with Crippen LogP contribution in [0.4, 0.5) is 0 Å². The minimum absolute atomic E-state index is 0.190. The van der Waals surface area contributed by atoms with Crippen molar-refractivity contribution in [3.05, 3.63) is 0 Å². The predicted molar refractivity (Wildman–Crippen MR) is 65.6 cm³/mol. The number of hydrogen-bond acceptors (Lipinski definition) is 4. The van der Waals surface area contributed by atoms with E-state index in [4.69, 9.17) is 4.74 Å². The zero-order valence-electron chi connectivity index (χ0n) is 10.9. The van der Waals surface area contributed by atoms with E-state index in [9.17, 15) is 5.11 Å². The fraction of sp³-hybridized carbons (Fsp3) is 1.00. The molecule has 3 atom stereocenters. The highest BCUT2D eigenvalue weighted by Gasteiger charge is 2.22. The van der Waals surface area contributed by atoms with Crippen LogP contribution < -0.4 is 5.32 Å². The van der Waals surface area contributed by atoms with E-state index in [2.05, 4.69) is 24.1 Å². The van der Waals surface area contributed by atoms with Crippen molar-refractivity contribution in [3.63, 3.8) is 0 Å². The molecule has 1 rings (SSSR count). The Morgan fingerprint density at radius 3 is 2.38 bits per heavy atom. The second-order valence-electron chi connectivity index (χ2n) is 5.22. The lowest BCUT2D eigenvalue weighted by Crippen LogP contribution is -2.55. The van der Waals surface area contributed by atoms with Gasteiger partial charge in [0, 0.05) is 31.7 Å². The SMILES string of the molecule is CC1CN(CC(O)COC(C)C)CC(C)N1. The van der Waals surface area contributed by atoms with Crippen LogP contribution in [0, 0.1) is 0 Å². The Hall–Kier alpha value is -0.160. The van der Waals surface area contributed by atoms with Gasteiger partial charge in [0.2, 0.25) is 0 Å². The molecule has 0 aromatic heterocycles. The van der Waals surface area contributed by atoms with Gasteiger partial charge in [-0.2, -0.15) is 0 Å². The van der Waals surface area contributed by atoms with Crippen LogP contribution >= 0.6 is 0 Å². The summed E-state index contributed by atoms with van der Waals surface area (Å²) in [4.78, 5) is 2.31. The van der Waals surface area contributed by atoms with Crippen LogP contribution in [0.5, 0.6) is 0 Å². The maximum Gasteiger partial charge on any atom is 0.0900 e. The molecular formula is C12H26N2O2. The second kappa shape index (κ2) is 6.55. The summed E-state index contributed by atoms with van der Waals surface area (Å²) in [5, 5.41) is 13.3. The van der Waals surface area contributed by atoms with Crippen molar-refractivity contribution < 1.29 is 9.84 Å². The number of nitrogens with one attached hydrogen (secondary N) is 1. The van der Waals surface area contributed by atoms with E-state index in [1.54, 1.807) is 0 Å². The third kappa shape index (κ3) is 5.25. The summed E-state index contributed by atoms with van der Waals surface area (Å²) in [6.07, 6.45) is -0.185. The Morgan fingerprint density at radius 1 is 1.31 bits per heavy atom. The highest BCUT2D eigenvalue weighted by Crippen LogP contribution is 2.05. The first-order chi connectivity index (χ1) is 7.47. The molecule has 0 saturated carbocycles. The molecule has 0 bridgehead atoms. The topological polar surface area (TPSA) is 44.7 Å². The predicted octanol–water partition coefficient (Wildman–Crippen LogP) is 0.455. The quantitative estimate of drug-likeness (QED) is 0.720. The van der Waals surface area contributed by atoms with Crippen molar-refractivity contribution >= 4 is 0 Å². The van der Waals surface area contributed by atoms with Gasteiger partial charge in [0.05, 0.1) is 18.8 Å². The van der Waals surface area contributed by atoms with E-state index in [0.717, 1.165) is 13.1 Å². The average Bonchev–Trinajstić information content (AvgIpc) is 2.12. The standard InChI is InChI=1S/C12H26N2O2/c1-9(2)16-8-12(15)7-14-5-10(3)13-11(4)6-14/h9-13,15H,5-8H2,1-4H3. The van der Waals surface area contributed by atoms with Crippen molar-refractivity contribution in [2.45, 2.75) is 52.0 Å². The number of β-amino-alcohol motifs (C(OH)–C–C–N with tert-alkyl or cyclic N) is 1. The molecule has 0 spiro atoms. The number of aliphatic hydroxyl groups is 1. The molecule has 1 aliphatic heterocycles. The van der Waals surface area contributed by atoms with E-state index in [0.29, 0.717) is 25.2 Å². The van der Waals surface area contributed by atoms with Crippen LogP contribution in [0.25, 0.3) is 0 Å². The summed E-state index contributed by atoms with van der Waals surface area (Å²) in [6.45, 7) is 11.5. The summed E-state index contributed by atoms with van der Waals surface area (Å²) in [5.41, 5.74) is 0. The van der Waals surface area contributed by atoms with Crippen molar-refractivity contribution in [2.24, 2.45) is 0 Å². The largest absolute Gasteiger partial charge is 0.389 e. The van der Waals surface area contributed by atoms with Crippen LogP contribution in [-0.2, 0) is 4.74 Å². The fourth-order valence-corrected chi connectivity index (χ4v) is 2.24. The lowest BCUT2D eigenvalue weighted by atomic mass is 10.1. The molecule has 3 unspecified atom stereocenters. The van der Waals surface area contributed by atoms with Crippen molar-refractivity contribution in [1.82, 2.24) is 10.2 Å². The monoisotopic (exact) mass is 230 g/mol. The Balaban J connectivity index is 2.24. The van der Waals surface area contributed by atoms with E-state index < -0.39 is 0 Å². The third-order valence-electron chi connectivity index (χ3n) is 2.72. The van der Waals surface area contributed by atoms with Gasteiger partial charge in [0.15, 0.2) is 0 Å². The second-order valence-corrected chi connectivity index (χ2v) is 5.22. The zero-order chi connectivity index (χ0) is 12.1. The van der Waals surface area contributed by atoms with Gasteiger partial charge < -0.3 is 15.2 Å². The molecule has 96 valence electrons. The minimum atomic E-state index is -0.375. The van der Waals surface area contributed by atoms with Gasteiger partial charge in [-0.05, 0) is 27.7 Å². The summed E-state index contributed by atoms with van der Waals surface area (Å²) in [7, 11) is 0. The van der Waals surface area contributed by atoms with E-state index >= 15 is 0 Å². The molecule has 4 nitrogen and oxygen atoms in total. The van der Waals surface area contributed by atoms with Gasteiger partial charge in [-0.3, -0.25) is 4.90 Å². The Kier molecular flexibility index (Phi) is 5.69. The molecule has 1 fully saturated rings. The van der Waals surface area contributed by atoms with Gasteiger partial charge in [-0.25, -0.2) is 0 Å². The van der Waals surface area contributed by atoms with Gasteiger partial charge in [0.25, 0.3) is 0 Å². The molecule has 1 heterocycles. The summed E-state index contributed by atoms with van der Waals surface area (Å²) in [6, 6.07) is 1.00. The van der Waals surface area contributed by atoms with Crippen molar-refractivity contribution in [1.29, 1.82) is 0 Å². The maximum absolute atomic E-state index is 9.84. The number of hydrogen-bond donors (Lipinski definition) is 2. The number of ether oxygens (including phenoxy) is 1. The summed E-state index contributed by atoms with van der Waals surface area (Å²) >= 11 is 0. The summed E-state index contributed by atoms with van der Waals surface area (Å²) < 4.78 is 5.41. The fourth-order valence-electron chi connectivity index (χ4n) is 2.24. The number of aliphatic hydroxyl groups excluding tert-OH is 1. The molecule has 0 aromatic rings. The van der Waals surface area contributed by atoms with Crippen molar-refractivity contribution in [2.75, 3.05) is 26.2 Å². The first-order valence-electron chi connectivity index (χ1n) is 6.25. The molecule has 0 aromatic carbocycles. The zero-order valence-corrected chi connectivity index (χ0v) is 10.9. The summed E-state index contributed by atoms with van der Waals surface area (Å²) in [5.74, 6) is 0. The number of piperazine rings is 1. The molecule has 1 saturated heterocycles. The Bertz CT molecular complexity index is 189. The van der Waals surface area contributed by atoms with Crippen molar-refractivity contribution in [3.8, 4) is 0 Å². The molecule has 0 radical (unpaired) electrons. The van der Waals surface area contributed by atoms with Crippen LogP contribution in [-0.4, -0.2) is 60.5 Å². The number of rotatable bonds is 5. The smallest absolute Gasteiger partial charge is 0.0900 e. The van der Waals surface area contributed by atoms with Gasteiger partial charge in [-0.15, -0.1) is 0 Å². The molecule has 2 N–H and O–H groups in total. The van der Waals surface area contributed by atoms with E-state index in [1.165, 1.54) is 0 Å². The van der Waals surface area contributed by atoms with Crippen LogP contribution in [0.2, 0.25) is 0 Å². The Morgan fingerprint density at radius 2 is 1.88 bits per heavy atom. The highest BCUT2D eigenvalue weighted by molar-refractivity contribution is 4.82. The first-order valence-corrected chi connectivity index (χ1v) is 6.25. The first kappa shape index (κ1) is 13.9. The average molecular weight is 230 g/mol. The van der Waals surface area contributed by atoms with Gasteiger partial charge in [-0.1, -0.05) is 0 Å². The highest BCUT2D eigenvalue weighted by atomic mass is 16.5. The molecular weight excluding hydrogens is 204 g/mol. The normalized spacial score (nSPS) is 29.6. The minimum Gasteiger partial charge on any atom is -0.389 e. The van der Waals surface area contributed by atoms with Crippen LogP contribution in [0.15, 0.2) is 0 Å². The lowest BCUT2D eigenvalue weighted by molar-refractivity contribution is -0.0133. The van der Waals surface area contributed by atoms with Crippen LogP contribution in [0.3, 0.4) is 0 Å². The third-order valence-corrected chi connectivity index (χ3v) is 2.72. The van der Waals surface area contributed by atoms with Crippen LogP contribution in [0.1, 0.15) is 27.7 Å². The molecule has 4 heteroatoms. The maximum atomic E-state index is 9.84. The number of nitrogens with zero attached hydrogens (tertiary/aromatic N) is 1. The molecule has 0 amide bonds. The van der Waals surface area contributed by atoms with E-state index in [-0.39, 0.29) is 12.2 Å². The Labute approximate surface area is 99.0 Å². The van der Waals surface area contributed by atoms with Gasteiger partial charge in [0.1, 0.15) is 0 Å². The molecule has 16 heavy (non-hydrogen) atoms. The lowest BCUT2D eigenvalue weighted by Gasteiger charge is -2.37. The van der Waals surface area contributed by atoms with E-state index in [1.807, 2.05) is 13.8 Å². The molecule has 0 aliphatic carbocycles.